The zero-order valence-electron chi connectivity index (χ0n) is 15.1. The second-order valence-corrected chi connectivity index (χ2v) is 6.36. The number of hydrazine groups is 1. The minimum absolute atomic E-state index is 0.169. The molecule has 0 bridgehead atoms. The molecule has 0 aliphatic carbocycles. The Hall–Kier alpha value is -2.82. The highest BCUT2D eigenvalue weighted by Crippen LogP contribution is 2.27. The SMILES string of the molecule is Cc1cccc(C(=O)NNC(=O)COc2cc(C)ccc2C(C)C)c1. The van der Waals surface area contributed by atoms with E-state index in [0.717, 1.165) is 16.7 Å². The van der Waals surface area contributed by atoms with Gasteiger partial charge in [0.05, 0.1) is 0 Å². The van der Waals surface area contributed by atoms with Crippen LogP contribution in [-0.4, -0.2) is 18.4 Å². The first kappa shape index (κ1) is 18.5. The standard InChI is InChI=1S/C20H24N2O3/c1-13(2)17-9-8-15(4)11-18(17)25-12-19(23)21-22-20(24)16-7-5-6-14(3)10-16/h5-11,13H,12H2,1-4H3,(H,21,23)(H,22,24). The summed E-state index contributed by atoms with van der Waals surface area (Å²) >= 11 is 0. The van der Waals surface area contributed by atoms with Crippen LogP contribution in [0.1, 0.15) is 46.8 Å². The third-order valence-corrected chi connectivity index (χ3v) is 3.75. The van der Waals surface area contributed by atoms with E-state index in [1.165, 1.54) is 0 Å². The van der Waals surface area contributed by atoms with E-state index in [1.54, 1.807) is 18.2 Å². The number of carbonyl (C=O) groups excluding carboxylic acids is 2. The summed E-state index contributed by atoms with van der Waals surface area (Å²) in [6.45, 7) is 7.84. The Morgan fingerprint density at radius 1 is 1.00 bits per heavy atom. The number of aryl methyl sites for hydroxylation is 2. The molecular formula is C20H24N2O3. The van der Waals surface area contributed by atoms with Gasteiger partial charge in [0.15, 0.2) is 6.61 Å². The lowest BCUT2D eigenvalue weighted by molar-refractivity contribution is -0.123. The largest absolute Gasteiger partial charge is 0.483 e. The van der Waals surface area contributed by atoms with Gasteiger partial charge >= 0.3 is 0 Å². The number of benzene rings is 2. The van der Waals surface area contributed by atoms with Crippen LogP contribution in [0.25, 0.3) is 0 Å². The minimum Gasteiger partial charge on any atom is -0.483 e. The van der Waals surface area contributed by atoms with Crippen LogP contribution in [0.2, 0.25) is 0 Å². The Kier molecular flexibility index (Phi) is 6.17. The van der Waals surface area contributed by atoms with Crippen molar-refractivity contribution >= 4 is 11.8 Å². The molecule has 5 nitrogen and oxygen atoms in total. The fourth-order valence-electron chi connectivity index (χ4n) is 2.41. The molecule has 0 fully saturated rings. The summed E-state index contributed by atoms with van der Waals surface area (Å²) in [6, 6.07) is 13.1. The highest BCUT2D eigenvalue weighted by Gasteiger charge is 2.11. The summed E-state index contributed by atoms with van der Waals surface area (Å²) in [6.07, 6.45) is 0. The molecule has 132 valence electrons. The molecule has 25 heavy (non-hydrogen) atoms. The number of amides is 2. The normalized spacial score (nSPS) is 10.4. The van der Waals surface area contributed by atoms with Crippen molar-refractivity contribution in [3.05, 3.63) is 64.7 Å². The van der Waals surface area contributed by atoms with Crippen LogP contribution >= 0.6 is 0 Å². The highest BCUT2D eigenvalue weighted by molar-refractivity contribution is 5.95. The smallest absolute Gasteiger partial charge is 0.276 e. The number of hydrogen-bond donors (Lipinski definition) is 2. The molecule has 0 atom stereocenters. The molecule has 0 spiro atoms. The summed E-state index contributed by atoms with van der Waals surface area (Å²) in [4.78, 5) is 23.9. The zero-order chi connectivity index (χ0) is 18.4. The van der Waals surface area contributed by atoms with E-state index in [4.69, 9.17) is 4.74 Å². The van der Waals surface area contributed by atoms with Crippen molar-refractivity contribution in [1.29, 1.82) is 0 Å². The average Bonchev–Trinajstić information content (AvgIpc) is 2.57. The minimum atomic E-state index is -0.419. The van der Waals surface area contributed by atoms with Crippen molar-refractivity contribution in [2.45, 2.75) is 33.6 Å². The topological polar surface area (TPSA) is 67.4 Å². The Labute approximate surface area is 148 Å². The molecular weight excluding hydrogens is 316 g/mol. The van der Waals surface area contributed by atoms with Gasteiger partial charge in [-0.05, 0) is 49.1 Å². The zero-order valence-corrected chi connectivity index (χ0v) is 15.1. The first-order valence-corrected chi connectivity index (χ1v) is 8.26. The number of rotatable bonds is 5. The molecule has 0 radical (unpaired) electrons. The van der Waals surface area contributed by atoms with E-state index >= 15 is 0 Å². The molecule has 2 amide bonds. The van der Waals surface area contributed by atoms with E-state index in [0.29, 0.717) is 17.2 Å². The monoisotopic (exact) mass is 340 g/mol. The molecule has 0 heterocycles. The fraction of sp³-hybridized carbons (Fsp3) is 0.300. The Morgan fingerprint density at radius 3 is 2.40 bits per heavy atom. The van der Waals surface area contributed by atoms with Crippen molar-refractivity contribution in [1.82, 2.24) is 10.9 Å². The second-order valence-electron chi connectivity index (χ2n) is 6.36. The van der Waals surface area contributed by atoms with Crippen molar-refractivity contribution < 1.29 is 14.3 Å². The van der Waals surface area contributed by atoms with Gasteiger partial charge in [0.2, 0.25) is 0 Å². The van der Waals surface area contributed by atoms with Crippen molar-refractivity contribution in [3.63, 3.8) is 0 Å². The lowest BCUT2D eigenvalue weighted by atomic mass is 10.0. The summed E-state index contributed by atoms with van der Waals surface area (Å²) < 4.78 is 5.63. The molecule has 2 aromatic rings. The van der Waals surface area contributed by atoms with E-state index in [9.17, 15) is 9.59 Å². The Bertz CT molecular complexity index is 769. The third kappa shape index (κ3) is 5.35. The van der Waals surface area contributed by atoms with Gasteiger partial charge in [-0.25, -0.2) is 0 Å². The third-order valence-electron chi connectivity index (χ3n) is 3.75. The quantitative estimate of drug-likeness (QED) is 0.821. The van der Waals surface area contributed by atoms with Gasteiger partial charge in [-0.3, -0.25) is 20.4 Å². The fourth-order valence-corrected chi connectivity index (χ4v) is 2.41. The predicted octanol–water partition coefficient (Wildman–Crippen LogP) is 3.27. The van der Waals surface area contributed by atoms with Gasteiger partial charge in [-0.2, -0.15) is 0 Å². The predicted molar refractivity (Wildman–Crippen MR) is 97.6 cm³/mol. The maximum atomic E-state index is 12.0. The maximum absolute atomic E-state index is 12.0. The number of carbonyl (C=O) groups is 2. The Morgan fingerprint density at radius 2 is 1.72 bits per heavy atom. The Balaban J connectivity index is 1.89. The van der Waals surface area contributed by atoms with E-state index in [-0.39, 0.29) is 12.5 Å². The van der Waals surface area contributed by atoms with E-state index < -0.39 is 5.91 Å². The van der Waals surface area contributed by atoms with Gasteiger partial charge < -0.3 is 4.74 Å². The second kappa shape index (κ2) is 8.33. The molecule has 0 aliphatic rings. The van der Waals surface area contributed by atoms with Crippen LogP contribution in [0.4, 0.5) is 0 Å². The van der Waals surface area contributed by atoms with Gasteiger partial charge in [0, 0.05) is 5.56 Å². The van der Waals surface area contributed by atoms with Crippen LogP contribution in [-0.2, 0) is 4.79 Å². The van der Waals surface area contributed by atoms with Gasteiger partial charge in [0.1, 0.15) is 5.75 Å². The van der Waals surface area contributed by atoms with Crippen LogP contribution in [0, 0.1) is 13.8 Å². The first-order valence-electron chi connectivity index (χ1n) is 8.26. The number of nitrogens with one attached hydrogen (secondary N) is 2. The molecule has 5 heteroatoms. The summed E-state index contributed by atoms with van der Waals surface area (Å²) in [5.41, 5.74) is 8.33. The first-order chi connectivity index (χ1) is 11.9. The van der Waals surface area contributed by atoms with Gasteiger partial charge in [-0.15, -0.1) is 0 Å². The molecule has 0 aromatic heterocycles. The number of ether oxygens (including phenoxy) is 1. The molecule has 2 aromatic carbocycles. The van der Waals surface area contributed by atoms with E-state index in [1.807, 2.05) is 38.1 Å². The van der Waals surface area contributed by atoms with Crippen molar-refractivity contribution in [2.24, 2.45) is 0 Å². The molecule has 0 saturated carbocycles. The van der Waals surface area contributed by atoms with Crippen LogP contribution in [0.3, 0.4) is 0 Å². The molecule has 2 rings (SSSR count). The molecule has 2 N–H and O–H groups in total. The van der Waals surface area contributed by atoms with Crippen LogP contribution in [0.15, 0.2) is 42.5 Å². The van der Waals surface area contributed by atoms with Gasteiger partial charge in [0.25, 0.3) is 11.8 Å². The van der Waals surface area contributed by atoms with E-state index in [2.05, 4.69) is 24.7 Å². The lowest BCUT2D eigenvalue weighted by Gasteiger charge is -2.15. The van der Waals surface area contributed by atoms with Crippen LogP contribution in [0.5, 0.6) is 5.75 Å². The van der Waals surface area contributed by atoms with Crippen molar-refractivity contribution in [3.8, 4) is 5.75 Å². The molecule has 0 unspecified atom stereocenters. The lowest BCUT2D eigenvalue weighted by Crippen LogP contribution is -2.43. The summed E-state index contributed by atoms with van der Waals surface area (Å²) in [5, 5.41) is 0. The summed E-state index contributed by atoms with van der Waals surface area (Å²) in [5.74, 6) is 0.197. The molecule has 0 aliphatic heterocycles. The molecule has 0 saturated heterocycles. The van der Waals surface area contributed by atoms with Gasteiger partial charge in [-0.1, -0.05) is 43.7 Å². The maximum Gasteiger partial charge on any atom is 0.276 e. The number of hydrogen-bond acceptors (Lipinski definition) is 3. The average molecular weight is 340 g/mol. The van der Waals surface area contributed by atoms with Crippen molar-refractivity contribution in [2.75, 3.05) is 6.61 Å². The highest BCUT2D eigenvalue weighted by atomic mass is 16.5. The summed E-state index contributed by atoms with van der Waals surface area (Å²) in [7, 11) is 0. The van der Waals surface area contributed by atoms with Crippen LogP contribution < -0.4 is 15.6 Å².